The average molecular weight is 319 g/mol. The molecule has 7 nitrogen and oxygen atoms in total. The quantitative estimate of drug-likeness (QED) is 0.766. The fourth-order valence-electron chi connectivity index (χ4n) is 3.36. The predicted molar refractivity (Wildman–Crippen MR) is 84.9 cm³/mol. The number of rotatable bonds is 2. The van der Waals surface area contributed by atoms with Crippen LogP contribution in [0.2, 0.25) is 0 Å². The zero-order valence-electron chi connectivity index (χ0n) is 12.5. The van der Waals surface area contributed by atoms with E-state index in [1.165, 1.54) is 23.1 Å². The number of hydrogen-bond acceptors (Lipinski definition) is 6. The Kier molecular flexibility index (Phi) is 3.67. The van der Waals surface area contributed by atoms with Crippen molar-refractivity contribution in [3.05, 3.63) is 29.6 Å². The zero-order chi connectivity index (χ0) is 16.6. The predicted octanol–water partition coefficient (Wildman–Crippen LogP) is 1.63. The van der Waals surface area contributed by atoms with Gasteiger partial charge in [-0.2, -0.15) is 4.99 Å². The number of anilines is 1. The Labute approximate surface area is 132 Å². The highest BCUT2D eigenvalue weighted by Crippen LogP contribution is 2.41. The molecule has 122 valence electrons. The van der Waals surface area contributed by atoms with Gasteiger partial charge in [0.05, 0.1) is 11.3 Å². The van der Waals surface area contributed by atoms with E-state index in [4.69, 9.17) is 11.5 Å². The number of carbonyl (C=O) groups is 1. The summed E-state index contributed by atoms with van der Waals surface area (Å²) in [6.45, 7) is 0. The smallest absolute Gasteiger partial charge is 0.337 e. The molecule has 0 radical (unpaired) electrons. The van der Waals surface area contributed by atoms with Crippen LogP contribution in [0.4, 0.5) is 10.1 Å². The Balaban J connectivity index is 2.21. The number of carboxylic acid groups (broad SMARTS) is 1. The molecule has 1 saturated carbocycles. The Morgan fingerprint density at radius 1 is 1.26 bits per heavy atom. The van der Waals surface area contributed by atoms with Gasteiger partial charge in [-0.1, -0.05) is 12.5 Å². The molecule has 0 unspecified atom stereocenters. The van der Waals surface area contributed by atoms with Crippen LogP contribution in [-0.2, 0) is 0 Å². The molecule has 23 heavy (non-hydrogen) atoms. The molecule has 1 aliphatic heterocycles. The topological polar surface area (TPSA) is 117 Å². The van der Waals surface area contributed by atoms with Gasteiger partial charge in [-0.3, -0.25) is 4.90 Å². The summed E-state index contributed by atoms with van der Waals surface area (Å²) < 4.78 is 14.5. The van der Waals surface area contributed by atoms with Crippen molar-refractivity contribution < 1.29 is 14.3 Å². The van der Waals surface area contributed by atoms with Gasteiger partial charge >= 0.3 is 5.97 Å². The second kappa shape index (κ2) is 5.53. The van der Waals surface area contributed by atoms with Gasteiger partial charge < -0.3 is 16.6 Å². The minimum absolute atomic E-state index is 0.0352. The van der Waals surface area contributed by atoms with E-state index in [-0.39, 0.29) is 23.2 Å². The van der Waals surface area contributed by atoms with Crippen molar-refractivity contribution in [2.24, 2.45) is 21.5 Å². The largest absolute Gasteiger partial charge is 0.478 e. The number of nitrogens with two attached hydrogens (primary N) is 2. The number of para-hydroxylation sites is 1. The maximum atomic E-state index is 14.5. The van der Waals surface area contributed by atoms with Crippen LogP contribution in [-0.4, -0.2) is 28.7 Å². The Bertz CT molecular complexity index is 710. The van der Waals surface area contributed by atoms with E-state index in [0.717, 1.165) is 19.3 Å². The van der Waals surface area contributed by atoms with E-state index < -0.39 is 17.4 Å². The van der Waals surface area contributed by atoms with Crippen LogP contribution in [0.5, 0.6) is 0 Å². The third-order valence-corrected chi connectivity index (χ3v) is 4.29. The number of nitrogens with zero attached hydrogens (tertiary/aromatic N) is 3. The molecule has 0 aromatic heterocycles. The highest BCUT2D eigenvalue weighted by molar-refractivity contribution is 6.08. The van der Waals surface area contributed by atoms with Crippen molar-refractivity contribution in [2.45, 2.75) is 37.8 Å². The van der Waals surface area contributed by atoms with E-state index in [1.54, 1.807) is 0 Å². The lowest BCUT2D eigenvalue weighted by molar-refractivity contribution is 0.0697. The molecule has 1 fully saturated rings. The number of halogens is 1. The first-order chi connectivity index (χ1) is 10.9. The second-order valence-corrected chi connectivity index (χ2v) is 5.76. The van der Waals surface area contributed by atoms with Crippen molar-refractivity contribution >= 4 is 23.6 Å². The van der Waals surface area contributed by atoms with Crippen molar-refractivity contribution in [1.29, 1.82) is 0 Å². The highest BCUT2D eigenvalue weighted by atomic mass is 19.1. The molecular formula is C15H18FN5O2. The number of benzene rings is 1. The number of aliphatic imine (C=N–C) groups is 2. The maximum absolute atomic E-state index is 14.5. The summed E-state index contributed by atoms with van der Waals surface area (Å²) in [5.41, 5.74) is 10.6. The normalized spacial score (nSPS) is 20.1. The van der Waals surface area contributed by atoms with Gasteiger partial charge in [-0.05, 0) is 37.8 Å². The Morgan fingerprint density at radius 3 is 2.61 bits per heavy atom. The molecule has 0 amide bonds. The molecule has 0 atom stereocenters. The lowest BCUT2D eigenvalue weighted by Crippen LogP contribution is -2.59. The minimum Gasteiger partial charge on any atom is -0.478 e. The maximum Gasteiger partial charge on any atom is 0.337 e. The fraction of sp³-hybridized carbons (Fsp3) is 0.400. The lowest BCUT2D eigenvalue weighted by Gasteiger charge is -2.45. The Hall–Kier alpha value is -2.64. The van der Waals surface area contributed by atoms with Crippen LogP contribution in [0.1, 0.15) is 42.5 Å². The van der Waals surface area contributed by atoms with Gasteiger partial charge in [0.2, 0.25) is 11.9 Å². The van der Waals surface area contributed by atoms with Gasteiger partial charge in [0.15, 0.2) is 0 Å². The highest BCUT2D eigenvalue weighted by Gasteiger charge is 2.44. The molecule has 1 heterocycles. The third kappa shape index (κ3) is 2.49. The van der Waals surface area contributed by atoms with Crippen molar-refractivity contribution in [2.75, 3.05) is 4.90 Å². The molecule has 1 aromatic rings. The van der Waals surface area contributed by atoms with Gasteiger partial charge in [0.25, 0.3) is 0 Å². The number of aromatic carboxylic acids is 1. The standard InChI is InChI=1S/C15H18FN5O2/c16-10-6-4-5-9(12(22)23)11(10)21-14(18)19-13(17)20-15(21)7-2-1-3-8-15/h4-6H,1-3,7-8H2,(H,22,23)(H4,17,18,19,20). The van der Waals surface area contributed by atoms with Crippen molar-refractivity contribution in [1.82, 2.24) is 0 Å². The first kappa shape index (κ1) is 15.3. The number of guanidine groups is 2. The summed E-state index contributed by atoms with van der Waals surface area (Å²) in [6.07, 6.45) is 3.99. The molecule has 1 spiro atoms. The number of carboxylic acids is 1. The van der Waals surface area contributed by atoms with Crippen molar-refractivity contribution in [3.63, 3.8) is 0 Å². The molecule has 8 heteroatoms. The van der Waals surface area contributed by atoms with E-state index in [1.807, 2.05) is 0 Å². The molecule has 0 bridgehead atoms. The third-order valence-electron chi connectivity index (χ3n) is 4.29. The van der Waals surface area contributed by atoms with E-state index >= 15 is 0 Å². The summed E-state index contributed by atoms with van der Waals surface area (Å²) >= 11 is 0. The molecule has 0 saturated heterocycles. The summed E-state index contributed by atoms with van der Waals surface area (Å²) in [6, 6.07) is 3.89. The van der Waals surface area contributed by atoms with Crippen LogP contribution in [0, 0.1) is 5.82 Å². The van der Waals surface area contributed by atoms with Gasteiger partial charge in [-0.25, -0.2) is 14.2 Å². The van der Waals surface area contributed by atoms with E-state index in [2.05, 4.69) is 9.98 Å². The Morgan fingerprint density at radius 2 is 1.96 bits per heavy atom. The van der Waals surface area contributed by atoms with Gasteiger partial charge in [-0.15, -0.1) is 0 Å². The minimum atomic E-state index is -1.24. The van der Waals surface area contributed by atoms with E-state index in [9.17, 15) is 14.3 Å². The van der Waals surface area contributed by atoms with Gasteiger partial charge in [0, 0.05) is 0 Å². The SMILES string of the molecule is NC1=NC2(CCCCC2)N(c2c(F)cccc2C(=O)O)C(N)=N1. The zero-order valence-corrected chi connectivity index (χ0v) is 12.5. The van der Waals surface area contributed by atoms with Crippen LogP contribution in [0.25, 0.3) is 0 Å². The molecular weight excluding hydrogens is 301 g/mol. The molecule has 2 aliphatic rings. The molecule has 1 aromatic carbocycles. The van der Waals surface area contributed by atoms with E-state index in [0.29, 0.717) is 12.8 Å². The summed E-state index contributed by atoms with van der Waals surface area (Å²) in [4.78, 5) is 21.3. The van der Waals surface area contributed by atoms with Crippen LogP contribution in [0.15, 0.2) is 28.2 Å². The first-order valence-corrected chi connectivity index (χ1v) is 7.46. The monoisotopic (exact) mass is 319 g/mol. The molecule has 3 rings (SSSR count). The van der Waals surface area contributed by atoms with Crippen LogP contribution in [0.3, 0.4) is 0 Å². The molecule has 1 aliphatic carbocycles. The first-order valence-electron chi connectivity index (χ1n) is 7.46. The summed E-state index contributed by atoms with van der Waals surface area (Å²) in [5, 5.41) is 9.41. The molecule has 5 N–H and O–H groups in total. The number of hydrogen-bond donors (Lipinski definition) is 3. The average Bonchev–Trinajstić information content (AvgIpc) is 2.48. The lowest BCUT2D eigenvalue weighted by atomic mass is 9.87. The fourth-order valence-corrected chi connectivity index (χ4v) is 3.36. The van der Waals surface area contributed by atoms with Crippen LogP contribution < -0.4 is 16.4 Å². The van der Waals surface area contributed by atoms with Crippen molar-refractivity contribution in [3.8, 4) is 0 Å². The van der Waals surface area contributed by atoms with Gasteiger partial charge in [0.1, 0.15) is 11.5 Å². The summed E-state index contributed by atoms with van der Waals surface area (Å²) in [5.74, 6) is -1.91. The summed E-state index contributed by atoms with van der Waals surface area (Å²) in [7, 11) is 0. The second-order valence-electron chi connectivity index (χ2n) is 5.76. The van der Waals surface area contributed by atoms with Crippen LogP contribution >= 0.6 is 0 Å².